The molecule has 0 saturated carbocycles. The molecule has 2 N–H and O–H groups in total. The summed E-state index contributed by atoms with van der Waals surface area (Å²) in [7, 11) is 0. The van der Waals surface area contributed by atoms with Crippen molar-refractivity contribution >= 4 is 35.2 Å². The maximum absolute atomic E-state index is 14.1. The first-order valence-corrected chi connectivity index (χ1v) is 13.3. The average Bonchev–Trinajstić information content (AvgIpc) is 2.80. The SMILES string of the molecule is Cc1cccc(Cl)c1NC(=O)C(c1c(C)cccc1C)N(CC#N)C(=O)C(CC(C)C)NC(=O)OC(C)(C)C. The third-order valence-corrected chi connectivity index (χ3v) is 6.38. The molecule has 2 aromatic carbocycles. The molecule has 210 valence electrons. The lowest BCUT2D eigenvalue weighted by molar-refractivity contribution is -0.140. The van der Waals surface area contributed by atoms with Crippen LogP contribution in [0.15, 0.2) is 36.4 Å². The number of nitrogens with zero attached hydrogens (tertiary/aromatic N) is 2. The van der Waals surface area contributed by atoms with E-state index in [1.165, 1.54) is 4.90 Å². The number of rotatable bonds is 9. The van der Waals surface area contributed by atoms with E-state index in [0.717, 1.165) is 16.7 Å². The smallest absolute Gasteiger partial charge is 0.408 e. The fourth-order valence-electron chi connectivity index (χ4n) is 4.38. The summed E-state index contributed by atoms with van der Waals surface area (Å²) < 4.78 is 5.40. The van der Waals surface area contributed by atoms with Crippen LogP contribution in [0.4, 0.5) is 10.5 Å². The number of alkyl carbamates (subject to hydrolysis) is 1. The van der Waals surface area contributed by atoms with Gasteiger partial charge < -0.3 is 20.3 Å². The van der Waals surface area contributed by atoms with E-state index in [4.69, 9.17) is 16.3 Å². The van der Waals surface area contributed by atoms with E-state index < -0.39 is 35.6 Å². The maximum Gasteiger partial charge on any atom is 0.408 e. The van der Waals surface area contributed by atoms with Crippen molar-refractivity contribution in [3.63, 3.8) is 0 Å². The van der Waals surface area contributed by atoms with Crippen LogP contribution in [0.25, 0.3) is 0 Å². The summed E-state index contributed by atoms with van der Waals surface area (Å²) in [6.45, 7) is 14.2. The predicted octanol–water partition coefficient (Wildman–Crippen LogP) is 6.24. The van der Waals surface area contributed by atoms with Gasteiger partial charge in [-0.3, -0.25) is 9.59 Å². The molecule has 0 fully saturated rings. The van der Waals surface area contributed by atoms with Gasteiger partial charge in [-0.05, 0) is 82.2 Å². The van der Waals surface area contributed by atoms with Crippen molar-refractivity contribution < 1.29 is 19.1 Å². The van der Waals surface area contributed by atoms with Gasteiger partial charge in [-0.2, -0.15) is 5.26 Å². The molecular formula is C30H39ClN4O4. The predicted molar refractivity (Wildman–Crippen MR) is 153 cm³/mol. The topological polar surface area (TPSA) is 112 Å². The highest BCUT2D eigenvalue weighted by Crippen LogP contribution is 2.32. The number of carbonyl (C=O) groups excluding carboxylic acids is 3. The van der Waals surface area contributed by atoms with Gasteiger partial charge in [0.05, 0.1) is 16.8 Å². The molecule has 2 unspecified atom stereocenters. The first kappa shape index (κ1) is 31.6. The van der Waals surface area contributed by atoms with Crippen molar-refractivity contribution in [3.8, 4) is 6.07 Å². The molecule has 0 saturated heterocycles. The minimum Gasteiger partial charge on any atom is -0.444 e. The Kier molecular flexibility index (Phi) is 10.9. The quantitative estimate of drug-likeness (QED) is 0.356. The number of hydrogen-bond acceptors (Lipinski definition) is 5. The van der Waals surface area contributed by atoms with Gasteiger partial charge in [0.15, 0.2) is 0 Å². The number of ether oxygens (including phenoxy) is 1. The zero-order valence-electron chi connectivity index (χ0n) is 24.0. The van der Waals surface area contributed by atoms with Crippen molar-refractivity contribution in [2.75, 3.05) is 11.9 Å². The molecule has 2 rings (SSSR count). The Morgan fingerprint density at radius 2 is 1.59 bits per heavy atom. The highest BCUT2D eigenvalue weighted by Gasteiger charge is 2.38. The van der Waals surface area contributed by atoms with Gasteiger partial charge >= 0.3 is 6.09 Å². The average molecular weight is 555 g/mol. The normalized spacial score (nSPS) is 12.7. The number of amides is 3. The van der Waals surface area contributed by atoms with Gasteiger partial charge in [-0.1, -0.05) is 55.8 Å². The van der Waals surface area contributed by atoms with Crippen LogP contribution < -0.4 is 10.6 Å². The van der Waals surface area contributed by atoms with Crippen molar-refractivity contribution in [1.29, 1.82) is 5.26 Å². The summed E-state index contributed by atoms with van der Waals surface area (Å²) in [5.74, 6) is -1.06. The molecule has 0 bridgehead atoms. The van der Waals surface area contributed by atoms with E-state index in [0.29, 0.717) is 16.3 Å². The van der Waals surface area contributed by atoms with Crippen LogP contribution in [0.3, 0.4) is 0 Å². The summed E-state index contributed by atoms with van der Waals surface area (Å²) in [6.07, 6.45) is -0.469. The molecule has 0 spiro atoms. The molecule has 9 heteroatoms. The molecule has 0 aliphatic heterocycles. The molecule has 0 radical (unpaired) electrons. The van der Waals surface area contributed by atoms with Crippen LogP contribution in [-0.4, -0.2) is 41.0 Å². The molecule has 3 amide bonds. The summed E-state index contributed by atoms with van der Waals surface area (Å²) >= 11 is 6.40. The highest BCUT2D eigenvalue weighted by atomic mass is 35.5. The molecule has 0 aromatic heterocycles. The van der Waals surface area contributed by atoms with Gasteiger partial charge in [0.2, 0.25) is 5.91 Å². The molecule has 0 heterocycles. The monoisotopic (exact) mass is 554 g/mol. The Bertz CT molecular complexity index is 1210. The number of aryl methyl sites for hydroxylation is 3. The zero-order valence-corrected chi connectivity index (χ0v) is 24.8. The molecule has 0 aliphatic carbocycles. The second-order valence-electron chi connectivity index (χ2n) is 11.1. The zero-order chi connectivity index (χ0) is 29.5. The van der Waals surface area contributed by atoms with E-state index in [9.17, 15) is 19.6 Å². The number of nitriles is 1. The van der Waals surface area contributed by atoms with Crippen molar-refractivity contribution in [2.24, 2.45) is 5.92 Å². The first-order chi connectivity index (χ1) is 18.2. The van der Waals surface area contributed by atoms with E-state index in [2.05, 4.69) is 10.6 Å². The van der Waals surface area contributed by atoms with Crippen LogP contribution in [-0.2, 0) is 14.3 Å². The lowest BCUT2D eigenvalue weighted by Gasteiger charge is -2.34. The molecular weight excluding hydrogens is 516 g/mol. The van der Waals surface area contributed by atoms with Crippen LogP contribution in [0, 0.1) is 38.0 Å². The number of carbonyl (C=O) groups is 3. The van der Waals surface area contributed by atoms with Gasteiger partial charge in [-0.15, -0.1) is 0 Å². The fraction of sp³-hybridized carbons (Fsp3) is 0.467. The van der Waals surface area contributed by atoms with E-state index >= 15 is 0 Å². The third kappa shape index (κ3) is 8.72. The van der Waals surface area contributed by atoms with Crippen LogP contribution in [0.1, 0.15) is 69.3 Å². The molecule has 8 nitrogen and oxygen atoms in total. The van der Waals surface area contributed by atoms with Gasteiger partial charge in [-0.25, -0.2) is 4.79 Å². The van der Waals surface area contributed by atoms with Crippen LogP contribution in [0.5, 0.6) is 0 Å². The number of para-hydroxylation sites is 1. The van der Waals surface area contributed by atoms with Gasteiger partial charge in [0, 0.05) is 0 Å². The Hall–Kier alpha value is -3.57. The first-order valence-electron chi connectivity index (χ1n) is 12.9. The second-order valence-corrected chi connectivity index (χ2v) is 11.5. The van der Waals surface area contributed by atoms with Crippen molar-refractivity contribution in [1.82, 2.24) is 10.2 Å². The Morgan fingerprint density at radius 3 is 2.10 bits per heavy atom. The maximum atomic E-state index is 14.1. The van der Waals surface area contributed by atoms with Crippen LogP contribution >= 0.6 is 11.6 Å². The molecule has 0 aliphatic rings. The van der Waals surface area contributed by atoms with E-state index in [1.807, 2.05) is 65.0 Å². The largest absolute Gasteiger partial charge is 0.444 e. The van der Waals surface area contributed by atoms with Crippen LogP contribution in [0.2, 0.25) is 5.02 Å². The van der Waals surface area contributed by atoms with Gasteiger partial charge in [0.1, 0.15) is 24.2 Å². The molecule has 2 atom stereocenters. The third-order valence-electron chi connectivity index (χ3n) is 6.07. The molecule has 2 aromatic rings. The van der Waals surface area contributed by atoms with E-state index in [1.54, 1.807) is 32.9 Å². The number of halogens is 1. The lowest BCUT2D eigenvalue weighted by Crippen LogP contribution is -2.53. The lowest BCUT2D eigenvalue weighted by atomic mass is 9.93. The Labute approximate surface area is 236 Å². The number of benzene rings is 2. The summed E-state index contributed by atoms with van der Waals surface area (Å²) in [5.41, 5.74) is 2.57. The second kappa shape index (κ2) is 13.5. The summed E-state index contributed by atoms with van der Waals surface area (Å²) in [5, 5.41) is 15.7. The fourth-order valence-corrected chi connectivity index (χ4v) is 4.65. The molecule has 39 heavy (non-hydrogen) atoms. The summed E-state index contributed by atoms with van der Waals surface area (Å²) in [4.78, 5) is 42.0. The number of anilines is 1. The minimum absolute atomic E-state index is 0.0241. The van der Waals surface area contributed by atoms with Crippen molar-refractivity contribution in [3.05, 3.63) is 63.7 Å². The standard InChI is InChI=1S/C30H39ClN4O4/c1-18(2)17-23(33-29(38)39-30(6,7)8)28(37)35(16-15-32)26(24-19(3)11-9-12-20(24)4)27(36)34-25-21(5)13-10-14-22(25)31/h9-14,18,23,26H,16-17H2,1-8H3,(H,33,38)(H,34,36). The number of hydrogen-bond donors (Lipinski definition) is 2. The number of nitrogens with one attached hydrogen (secondary N) is 2. The Balaban J connectivity index is 2.63. The van der Waals surface area contributed by atoms with Gasteiger partial charge in [0.25, 0.3) is 5.91 Å². The minimum atomic E-state index is -1.16. The van der Waals surface area contributed by atoms with Crippen molar-refractivity contribution in [2.45, 2.75) is 79.5 Å². The Morgan fingerprint density at radius 1 is 1.03 bits per heavy atom. The highest BCUT2D eigenvalue weighted by molar-refractivity contribution is 6.34. The van der Waals surface area contributed by atoms with E-state index in [-0.39, 0.29) is 18.9 Å². The summed E-state index contributed by atoms with van der Waals surface area (Å²) in [6, 6.07) is 10.7.